The van der Waals surface area contributed by atoms with Crippen molar-refractivity contribution in [2.75, 3.05) is 5.88 Å². The van der Waals surface area contributed by atoms with Crippen molar-refractivity contribution in [1.29, 1.82) is 0 Å². The predicted octanol–water partition coefficient (Wildman–Crippen LogP) is 3.87. The first-order valence-electron chi connectivity index (χ1n) is 6.90. The third-order valence-electron chi connectivity index (χ3n) is 4.56. The van der Waals surface area contributed by atoms with Gasteiger partial charge in [0.25, 0.3) is 0 Å². The summed E-state index contributed by atoms with van der Waals surface area (Å²) >= 11 is 5.83. The van der Waals surface area contributed by atoms with Crippen LogP contribution in [-0.4, -0.2) is 17.3 Å². The van der Waals surface area contributed by atoms with Crippen LogP contribution >= 0.6 is 11.6 Å². The van der Waals surface area contributed by atoms with E-state index in [2.05, 4.69) is 26.1 Å². The van der Waals surface area contributed by atoms with E-state index in [4.69, 9.17) is 11.6 Å². The SMILES string of the molecule is CCC(C)(CCCl)NC(=O)C1(CC)CCCC1. The Balaban J connectivity index is 2.69. The zero-order valence-electron chi connectivity index (χ0n) is 11.4. The summed E-state index contributed by atoms with van der Waals surface area (Å²) in [7, 11) is 0. The highest BCUT2D eigenvalue weighted by atomic mass is 35.5. The van der Waals surface area contributed by atoms with Crippen LogP contribution in [0.3, 0.4) is 0 Å². The van der Waals surface area contributed by atoms with E-state index >= 15 is 0 Å². The predicted molar refractivity (Wildman–Crippen MR) is 73.4 cm³/mol. The maximum atomic E-state index is 12.5. The van der Waals surface area contributed by atoms with E-state index < -0.39 is 0 Å². The lowest BCUT2D eigenvalue weighted by Gasteiger charge is -2.35. The Morgan fingerprint density at radius 3 is 2.35 bits per heavy atom. The van der Waals surface area contributed by atoms with Gasteiger partial charge in [-0.05, 0) is 39.0 Å². The number of hydrogen-bond donors (Lipinski definition) is 1. The van der Waals surface area contributed by atoms with Gasteiger partial charge in [-0.1, -0.05) is 26.7 Å². The number of halogens is 1. The minimum atomic E-state index is -0.135. The number of hydrogen-bond acceptors (Lipinski definition) is 1. The van der Waals surface area contributed by atoms with E-state index in [9.17, 15) is 4.79 Å². The average Bonchev–Trinajstić information content (AvgIpc) is 2.79. The smallest absolute Gasteiger partial charge is 0.226 e. The highest BCUT2D eigenvalue weighted by Gasteiger charge is 2.41. The second-order valence-corrected chi connectivity index (χ2v) is 6.03. The number of carbonyl (C=O) groups excluding carboxylic acids is 1. The summed E-state index contributed by atoms with van der Waals surface area (Å²) in [6.45, 7) is 6.35. The molecule has 1 aliphatic carbocycles. The van der Waals surface area contributed by atoms with E-state index in [0.717, 1.165) is 32.1 Å². The highest BCUT2D eigenvalue weighted by molar-refractivity contribution is 6.17. The second kappa shape index (κ2) is 6.08. The monoisotopic (exact) mass is 259 g/mol. The fourth-order valence-corrected chi connectivity index (χ4v) is 3.15. The standard InChI is InChI=1S/C14H26ClNO/c1-4-13(3,10-11-15)16-12(17)14(5-2)8-6-7-9-14/h4-11H2,1-3H3,(H,16,17). The summed E-state index contributed by atoms with van der Waals surface area (Å²) in [6.07, 6.45) is 7.23. The quantitative estimate of drug-likeness (QED) is 0.721. The Labute approximate surface area is 110 Å². The van der Waals surface area contributed by atoms with Gasteiger partial charge in [-0.2, -0.15) is 0 Å². The van der Waals surface area contributed by atoms with Crippen LogP contribution in [0.4, 0.5) is 0 Å². The van der Waals surface area contributed by atoms with Crippen molar-refractivity contribution < 1.29 is 4.79 Å². The molecule has 1 fully saturated rings. The number of rotatable bonds is 6. The lowest BCUT2D eigenvalue weighted by atomic mass is 9.81. The van der Waals surface area contributed by atoms with Crippen LogP contribution in [0.1, 0.15) is 65.7 Å². The molecule has 1 N–H and O–H groups in total. The molecule has 1 atom stereocenters. The number of amides is 1. The van der Waals surface area contributed by atoms with Crippen molar-refractivity contribution in [3.8, 4) is 0 Å². The zero-order valence-corrected chi connectivity index (χ0v) is 12.2. The van der Waals surface area contributed by atoms with Crippen LogP contribution in [0.25, 0.3) is 0 Å². The molecule has 0 heterocycles. The summed E-state index contributed by atoms with van der Waals surface area (Å²) in [5, 5.41) is 3.25. The third-order valence-corrected chi connectivity index (χ3v) is 4.75. The molecule has 0 aromatic heterocycles. The van der Waals surface area contributed by atoms with Crippen LogP contribution in [0.15, 0.2) is 0 Å². The Morgan fingerprint density at radius 1 is 1.35 bits per heavy atom. The largest absolute Gasteiger partial charge is 0.350 e. The maximum absolute atomic E-state index is 12.5. The van der Waals surface area contributed by atoms with E-state index in [0.29, 0.717) is 5.88 Å². The normalized spacial score (nSPS) is 22.1. The first-order chi connectivity index (χ1) is 8.02. The van der Waals surface area contributed by atoms with Crippen molar-refractivity contribution in [2.45, 2.75) is 71.3 Å². The van der Waals surface area contributed by atoms with Crippen LogP contribution in [0.2, 0.25) is 0 Å². The molecular formula is C14H26ClNO. The average molecular weight is 260 g/mol. The minimum Gasteiger partial charge on any atom is -0.350 e. The molecule has 1 saturated carbocycles. The van der Waals surface area contributed by atoms with Crippen LogP contribution in [0, 0.1) is 5.41 Å². The summed E-state index contributed by atoms with van der Waals surface area (Å²) in [5.74, 6) is 0.857. The van der Waals surface area contributed by atoms with Crippen molar-refractivity contribution >= 4 is 17.5 Å². The van der Waals surface area contributed by atoms with Crippen molar-refractivity contribution in [2.24, 2.45) is 5.41 Å². The lowest BCUT2D eigenvalue weighted by molar-refractivity contribution is -0.133. The highest BCUT2D eigenvalue weighted by Crippen LogP contribution is 2.41. The number of carbonyl (C=O) groups is 1. The van der Waals surface area contributed by atoms with E-state index in [-0.39, 0.29) is 16.9 Å². The Morgan fingerprint density at radius 2 is 1.94 bits per heavy atom. The fourth-order valence-electron chi connectivity index (χ4n) is 2.74. The molecule has 0 spiro atoms. The molecule has 2 nitrogen and oxygen atoms in total. The molecule has 1 rings (SSSR count). The molecule has 0 saturated heterocycles. The molecule has 0 aromatic carbocycles. The molecule has 1 amide bonds. The minimum absolute atomic E-state index is 0.0945. The van der Waals surface area contributed by atoms with Gasteiger partial charge in [0.05, 0.1) is 0 Å². The van der Waals surface area contributed by atoms with E-state index in [1.165, 1.54) is 12.8 Å². The lowest BCUT2D eigenvalue weighted by Crippen LogP contribution is -2.51. The first kappa shape index (κ1) is 14.8. The molecular weight excluding hydrogens is 234 g/mol. The van der Waals surface area contributed by atoms with Gasteiger partial charge >= 0.3 is 0 Å². The summed E-state index contributed by atoms with van der Waals surface area (Å²) in [4.78, 5) is 12.5. The molecule has 1 unspecified atom stereocenters. The van der Waals surface area contributed by atoms with Crippen LogP contribution in [-0.2, 0) is 4.79 Å². The van der Waals surface area contributed by atoms with Crippen molar-refractivity contribution in [3.05, 3.63) is 0 Å². The Kier molecular flexibility index (Phi) is 5.30. The molecule has 0 radical (unpaired) electrons. The van der Waals surface area contributed by atoms with Gasteiger partial charge in [0.2, 0.25) is 5.91 Å². The van der Waals surface area contributed by atoms with Gasteiger partial charge in [-0.3, -0.25) is 4.79 Å². The summed E-state index contributed by atoms with van der Waals surface area (Å²) in [6, 6.07) is 0. The molecule has 0 aromatic rings. The van der Waals surface area contributed by atoms with E-state index in [1.54, 1.807) is 0 Å². The van der Waals surface area contributed by atoms with Gasteiger partial charge in [0.1, 0.15) is 0 Å². The van der Waals surface area contributed by atoms with Crippen LogP contribution < -0.4 is 5.32 Å². The zero-order chi connectivity index (χ0) is 12.9. The molecule has 3 heteroatoms. The third kappa shape index (κ3) is 3.37. The molecule has 100 valence electrons. The topological polar surface area (TPSA) is 29.1 Å². The maximum Gasteiger partial charge on any atom is 0.226 e. The Bertz CT molecular complexity index is 261. The van der Waals surface area contributed by atoms with Gasteiger partial charge in [0.15, 0.2) is 0 Å². The van der Waals surface area contributed by atoms with Crippen molar-refractivity contribution in [3.63, 3.8) is 0 Å². The van der Waals surface area contributed by atoms with Gasteiger partial charge in [0, 0.05) is 16.8 Å². The summed E-state index contributed by atoms with van der Waals surface area (Å²) in [5.41, 5.74) is -0.230. The molecule has 0 bridgehead atoms. The summed E-state index contributed by atoms with van der Waals surface area (Å²) < 4.78 is 0. The van der Waals surface area contributed by atoms with Gasteiger partial charge in [-0.15, -0.1) is 11.6 Å². The second-order valence-electron chi connectivity index (χ2n) is 5.65. The fraction of sp³-hybridized carbons (Fsp3) is 0.929. The molecule has 0 aliphatic heterocycles. The number of alkyl halides is 1. The number of nitrogens with one attached hydrogen (secondary N) is 1. The first-order valence-corrected chi connectivity index (χ1v) is 7.44. The molecule has 1 aliphatic rings. The van der Waals surface area contributed by atoms with Gasteiger partial charge in [-0.25, -0.2) is 0 Å². The van der Waals surface area contributed by atoms with Crippen LogP contribution in [0.5, 0.6) is 0 Å². The van der Waals surface area contributed by atoms with Crippen molar-refractivity contribution in [1.82, 2.24) is 5.32 Å². The Hall–Kier alpha value is -0.240. The van der Waals surface area contributed by atoms with Gasteiger partial charge < -0.3 is 5.32 Å². The van der Waals surface area contributed by atoms with E-state index in [1.807, 2.05) is 0 Å². The molecule has 17 heavy (non-hydrogen) atoms.